The van der Waals surface area contributed by atoms with Gasteiger partial charge < -0.3 is 10.8 Å². The van der Waals surface area contributed by atoms with Crippen molar-refractivity contribution in [3.8, 4) is 0 Å². The fourth-order valence-electron chi connectivity index (χ4n) is 0.0697. The highest BCUT2D eigenvalue weighted by molar-refractivity contribution is 5.64. The van der Waals surface area contributed by atoms with E-state index in [1.54, 1.807) is 0 Å². The van der Waals surface area contributed by atoms with Crippen molar-refractivity contribution in [3.05, 3.63) is 12.0 Å². The van der Waals surface area contributed by atoms with E-state index in [1.165, 1.54) is 0 Å². The molecule has 0 aromatic rings. The van der Waals surface area contributed by atoms with Crippen LogP contribution in [-0.4, -0.2) is 11.4 Å². The molecule has 0 radical (unpaired) electrons. The summed E-state index contributed by atoms with van der Waals surface area (Å²) in [5, 5.41) is 7.96. The summed E-state index contributed by atoms with van der Waals surface area (Å²) in [6, 6.07) is 0. The maximum Gasteiger partial charge on any atom is 0.184 e. The molecular formula is C3H5NO2. The summed E-state index contributed by atoms with van der Waals surface area (Å²) < 4.78 is 0. The first kappa shape index (κ1) is 5.01. The number of aliphatic hydroxyl groups excluding tert-OH is 1. The van der Waals surface area contributed by atoms with Gasteiger partial charge in [0, 0.05) is 6.08 Å². The van der Waals surface area contributed by atoms with E-state index in [0.717, 1.165) is 6.08 Å². The molecule has 0 saturated heterocycles. The van der Waals surface area contributed by atoms with Gasteiger partial charge in [-0.3, -0.25) is 4.79 Å². The molecule has 0 atom stereocenters. The third kappa shape index (κ3) is 3.01. The normalized spacial score (nSPS) is 11.0. The van der Waals surface area contributed by atoms with Gasteiger partial charge in [-0.1, -0.05) is 0 Å². The molecule has 3 heteroatoms. The lowest BCUT2D eigenvalue weighted by Crippen LogP contribution is -1.93. The molecule has 0 aliphatic heterocycles. The largest absolute Gasteiger partial charge is 0.495 e. The summed E-state index contributed by atoms with van der Waals surface area (Å²) in [5.41, 5.74) is 4.59. The van der Waals surface area contributed by atoms with Gasteiger partial charge in [0.25, 0.3) is 0 Å². The van der Waals surface area contributed by atoms with Gasteiger partial charge in [0.05, 0.1) is 0 Å². The maximum absolute atomic E-state index is 9.30. The summed E-state index contributed by atoms with van der Waals surface area (Å²) in [4.78, 5) is 9.30. The SMILES string of the molecule is N/C(O)=C\C=O. The smallest absolute Gasteiger partial charge is 0.184 e. The van der Waals surface area contributed by atoms with Crippen molar-refractivity contribution >= 4 is 6.29 Å². The number of hydrogen-bond donors (Lipinski definition) is 2. The molecule has 0 spiro atoms. The van der Waals surface area contributed by atoms with Gasteiger partial charge in [-0.25, -0.2) is 0 Å². The van der Waals surface area contributed by atoms with Crippen LogP contribution in [-0.2, 0) is 4.79 Å². The van der Waals surface area contributed by atoms with E-state index in [2.05, 4.69) is 5.73 Å². The zero-order valence-electron chi connectivity index (χ0n) is 3.09. The summed E-state index contributed by atoms with van der Waals surface area (Å²) in [5.74, 6) is -0.454. The van der Waals surface area contributed by atoms with Crippen LogP contribution in [0.25, 0.3) is 0 Å². The fourth-order valence-corrected chi connectivity index (χ4v) is 0.0697. The third-order valence-corrected chi connectivity index (χ3v) is 0.239. The van der Waals surface area contributed by atoms with Gasteiger partial charge >= 0.3 is 0 Å². The molecule has 3 nitrogen and oxygen atoms in total. The van der Waals surface area contributed by atoms with Gasteiger partial charge in [-0.05, 0) is 0 Å². The van der Waals surface area contributed by atoms with Crippen molar-refractivity contribution in [2.45, 2.75) is 0 Å². The van der Waals surface area contributed by atoms with Gasteiger partial charge in [-0.15, -0.1) is 0 Å². The molecule has 0 rings (SSSR count). The van der Waals surface area contributed by atoms with E-state index in [0.29, 0.717) is 6.29 Å². The monoisotopic (exact) mass is 87.0 g/mol. The van der Waals surface area contributed by atoms with Crippen LogP contribution in [0.2, 0.25) is 0 Å². The molecule has 0 unspecified atom stereocenters. The molecule has 0 aliphatic rings. The second-order valence-electron chi connectivity index (χ2n) is 0.728. The number of allylic oxidation sites excluding steroid dienone is 1. The molecule has 0 heterocycles. The van der Waals surface area contributed by atoms with Crippen molar-refractivity contribution in [1.29, 1.82) is 0 Å². The minimum atomic E-state index is -0.454. The summed E-state index contributed by atoms with van der Waals surface area (Å²) in [6.45, 7) is 0. The molecule has 0 aliphatic carbocycles. The van der Waals surface area contributed by atoms with Crippen molar-refractivity contribution < 1.29 is 9.90 Å². The number of carbonyl (C=O) groups excluding carboxylic acids is 1. The highest BCUT2D eigenvalue weighted by Crippen LogP contribution is 1.63. The van der Waals surface area contributed by atoms with Crippen LogP contribution in [0.15, 0.2) is 12.0 Å². The zero-order chi connectivity index (χ0) is 4.99. The highest BCUT2D eigenvalue weighted by Gasteiger charge is 1.69. The van der Waals surface area contributed by atoms with E-state index in [4.69, 9.17) is 5.11 Å². The molecule has 34 valence electrons. The van der Waals surface area contributed by atoms with Crippen LogP contribution in [0.4, 0.5) is 0 Å². The molecule has 0 aromatic carbocycles. The van der Waals surface area contributed by atoms with E-state index >= 15 is 0 Å². The van der Waals surface area contributed by atoms with Gasteiger partial charge in [0.1, 0.15) is 6.29 Å². The Morgan fingerprint density at radius 1 is 1.83 bits per heavy atom. The Kier molecular flexibility index (Phi) is 1.89. The maximum atomic E-state index is 9.30. The lowest BCUT2D eigenvalue weighted by molar-refractivity contribution is -0.104. The van der Waals surface area contributed by atoms with Crippen LogP contribution < -0.4 is 5.73 Å². The number of nitrogens with two attached hydrogens (primary N) is 1. The molecular weight excluding hydrogens is 82.0 g/mol. The number of carbonyl (C=O) groups is 1. The fraction of sp³-hybridized carbons (Fsp3) is 0. The zero-order valence-corrected chi connectivity index (χ0v) is 3.09. The molecule has 0 saturated carbocycles. The first-order valence-electron chi connectivity index (χ1n) is 1.37. The number of rotatable bonds is 1. The molecule has 0 amide bonds. The predicted molar refractivity (Wildman–Crippen MR) is 21.0 cm³/mol. The first-order valence-corrected chi connectivity index (χ1v) is 1.37. The predicted octanol–water partition coefficient (Wildman–Crippen LogP) is -0.457. The Hall–Kier alpha value is -0.990. The molecule has 0 bridgehead atoms. The van der Waals surface area contributed by atoms with Crippen molar-refractivity contribution in [1.82, 2.24) is 0 Å². The highest BCUT2D eigenvalue weighted by atomic mass is 16.3. The Bertz CT molecular complexity index is 72.9. The Morgan fingerprint density at radius 3 is 2.33 bits per heavy atom. The topological polar surface area (TPSA) is 63.3 Å². The van der Waals surface area contributed by atoms with E-state index in [-0.39, 0.29) is 0 Å². The molecule has 0 fully saturated rings. The molecule has 3 N–H and O–H groups in total. The van der Waals surface area contributed by atoms with E-state index in [1.807, 2.05) is 0 Å². The summed E-state index contributed by atoms with van der Waals surface area (Å²) in [7, 11) is 0. The Labute approximate surface area is 35.1 Å². The third-order valence-electron chi connectivity index (χ3n) is 0.239. The lowest BCUT2D eigenvalue weighted by Gasteiger charge is -1.76. The average Bonchev–Trinajstić information content (AvgIpc) is 1.35. The Balaban J connectivity index is 3.41. The van der Waals surface area contributed by atoms with Gasteiger partial charge in [0.2, 0.25) is 0 Å². The second-order valence-corrected chi connectivity index (χ2v) is 0.728. The van der Waals surface area contributed by atoms with Crippen molar-refractivity contribution in [2.75, 3.05) is 0 Å². The lowest BCUT2D eigenvalue weighted by atomic mass is 10.7. The average molecular weight is 87.1 g/mol. The second kappa shape index (κ2) is 2.26. The molecule has 6 heavy (non-hydrogen) atoms. The first-order chi connectivity index (χ1) is 2.77. The van der Waals surface area contributed by atoms with Crippen LogP contribution in [0.5, 0.6) is 0 Å². The minimum Gasteiger partial charge on any atom is -0.495 e. The van der Waals surface area contributed by atoms with Crippen LogP contribution in [0, 0.1) is 0 Å². The number of aldehydes is 1. The summed E-state index contributed by atoms with van der Waals surface area (Å²) >= 11 is 0. The number of aliphatic hydroxyl groups is 1. The molecule has 0 aromatic heterocycles. The quantitative estimate of drug-likeness (QED) is 0.258. The Morgan fingerprint density at radius 2 is 2.33 bits per heavy atom. The van der Waals surface area contributed by atoms with Gasteiger partial charge in [0.15, 0.2) is 5.88 Å². The van der Waals surface area contributed by atoms with Crippen LogP contribution in [0.3, 0.4) is 0 Å². The van der Waals surface area contributed by atoms with Gasteiger partial charge in [-0.2, -0.15) is 0 Å². The van der Waals surface area contributed by atoms with Crippen molar-refractivity contribution in [3.63, 3.8) is 0 Å². The summed E-state index contributed by atoms with van der Waals surface area (Å²) in [6.07, 6.45) is 1.27. The van der Waals surface area contributed by atoms with Crippen LogP contribution >= 0.6 is 0 Å². The van der Waals surface area contributed by atoms with E-state index in [9.17, 15) is 4.79 Å². The van der Waals surface area contributed by atoms with Crippen molar-refractivity contribution in [2.24, 2.45) is 5.73 Å². The van der Waals surface area contributed by atoms with E-state index < -0.39 is 5.88 Å². The number of hydrogen-bond acceptors (Lipinski definition) is 3. The minimum absolute atomic E-state index is 0.412. The standard InChI is InChI=1S/C3H5NO2/c4-3(6)1-2-5/h1-2,6H,4H2/b3-1+. The van der Waals surface area contributed by atoms with Crippen LogP contribution in [0.1, 0.15) is 0 Å².